The predicted octanol–water partition coefficient (Wildman–Crippen LogP) is 4.09. The maximum absolute atomic E-state index is 13.0. The van der Waals surface area contributed by atoms with Gasteiger partial charge in [0.1, 0.15) is 12.4 Å². The summed E-state index contributed by atoms with van der Waals surface area (Å²) in [6, 6.07) is 9.17. The minimum atomic E-state index is -4.46. The molecule has 1 saturated heterocycles. The second-order valence-electron chi connectivity index (χ2n) is 7.19. The molecule has 2 aliphatic rings. The van der Waals surface area contributed by atoms with Crippen molar-refractivity contribution in [3.8, 4) is 5.75 Å². The van der Waals surface area contributed by atoms with Crippen LogP contribution in [0.3, 0.4) is 0 Å². The zero-order valence-electron chi connectivity index (χ0n) is 16.1. The van der Waals surface area contributed by atoms with Gasteiger partial charge < -0.3 is 14.4 Å². The highest BCUT2D eigenvalue weighted by molar-refractivity contribution is 5.95. The first-order valence-corrected chi connectivity index (χ1v) is 9.37. The number of hydrogen-bond acceptors (Lipinski definition) is 4. The highest BCUT2D eigenvalue weighted by Crippen LogP contribution is 2.34. The van der Waals surface area contributed by atoms with E-state index in [1.165, 1.54) is 19.2 Å². The van der Waals surface area contributed by atoms with E-state index in [-0.39, 0.29) is 30.7 Å². The van der Waals surface area contributed by atoms with E-state index < -0.39 is 17.8 Å². The molecule has 0 N–H and O–H groups in total. The van der Waals surface area contributed by atoms with Gasteiger partial charge in [-0.1, -0.05) is 0 Å². The highest BCUT2D eigenvalue weighted by atomic mass is 19.4. The number of halogens is 3. The highest BCUT2D eigenvalue weighted by Gasteiger charge is 2.38. The Morgan fingerprint density at radius 3 is 2.57 bits per heavy atom. The molecular formula is C21H19F3N2O4. The molecule has 0 aliphatic carbocycles. The van der Waals surface area contributed by atoms with Crippen LogP contribution in [0.25, 0.3) is 0 Å². The molecule has 0 aromatic heterocycles. The summed E-state index contributed by atoms with van der Waals surface area (Å²) in [6.45, 7) is 0.726. The smallest absolute Gasteiger partial charge is 0.416 e. The number of methoxy groups -OCH3 is 1. The lowest BCUT2D eigenvalue weighted by Gasteiger charge is -2.32. The topological polar surface area (TPSA) is 59.1 Å². The van der Waals surface area contributed by atoms with E-state index in [2.05, 4.69) is 0 Å². The van der Waals surface area contributed by atoms with Crippen LogP contribution in [0, 0.1) is 0 Å². The fourth-order valence-electron chi connectivity index (χ4n) is 3.77. The number of alkyl halides is 3. The lowest BCUT2D eigenvalue weighted by molar-refractivity contribution is -0.137. The van der Waals surface area contributed by atoms with Gasteiger partial charge in [-0.2, -0.15) is 13.2 Å². The van der Waals surface area contributed by atoms with Crippen molar-refractivity contribution in [1.82, 2.24) is 4.90 Å². The molecule has 0 radical (unpaired) electrons. The molecule has 0 unspecified atom stereocenters. The molecule has 2 heterocycles. The number of carbonyl (C=O) groups is 2. The van der Waals surface area contributed by atoms with Gasteiger partial charge in [0.05, 0.1) is 24.4 Å². The van der Waals surface area contributed by atoms with Crippen LogP contribution in [0.15, 0.2) is 42.5 Å². The SMILES string of the molecule is COc1ccc2c(c1)CN(C(=O)c1ccc(C(F)(F)F)cc1)CC[C@H]1COC(=O)N21. The minimum Gasteiger partial charge on any atom is -0.497 e. The van der Waals surface area contributed by atoms with Crippen LogP contribution < -0.4 is 9.64 Å². The molecule has 1 fully saturated rings. The van der Waals surface area contributed by atoms with E-state index in [4.69, 9.17) is 9.47 Å². The number of ether oxygens (including phenoxy) is 2. The first-order valence-electron chi connectivity index (χ1n) is 9.37. The summed E-state index contributed by atoms with van der Waals surface area (Å²) >= 11 is 0. The van der Waals surface area contributed by atoms with Crippen LogP contribution in [0.1, 0.15) is 27.9 Å². The van der Waals surface area contributed by atoms with Crippen molar-refractivity contribution in [1.29, 1.82) is 0 Å². The molecule has 0 saturated carbocycles. The molecule has 2 aromatic rings. The molecule has 4 rings (SSSR count). The summed E-state index contributed by atoms with van der Waals surface area (Å²) in [7, 11) is 1.52. The van der Waals surface area contributed by atoms with Crippen LogP contribution in [0.2, 0.25) is 0 Å². The first kappa shape index (κ1) is 20.1. The van der Waals surface area contributed by atoms with E-state index in [0.717, 1.165) is 12.1 Å². The van der Waals surface area contributed by atoms with Crippen molar-refractivity contribution in [2.75, 3.05) is 25.2 Å². The zero-order chi connectivity index (χ0) is 21.5. The van der Waals surface area contributed by atoms with Gasteiger partial charge in [0.25, 0.3) is 5.91 Å². The average Bonchev–Trinajstić information content (AvgIpc) is 3.07. The number of benzene rings is 2. The number of rotatable bonds is 2. The van der Waals surface area contributed by atoms with Crippen LogP contribution in [-0.4, -0.2) is 43.2 Å². The summed E-state index contributed by atoms with van der Waals surface area (Å²) in [5.41, 5.74) is 0.689. The van der Waals surface area contributed by atoms with Crippen LogP contribution in [-0.2, 0) is 17.5 Å². The third-order valence-electron chi connectivity index (χ3n) is 5.35. The largest absolute Gasteiger partial charge is 0.497 e. The first-order chi connectivity index (χ1) is 14.3. The molecule has 1 atom stereocenters. The molecule has 2 aliphatic heterocycles. The molecule has 2 aromatic carbocycles. The van der Waals surface area contributed by atoms with Crippen LogP contribution >= 0.6 is 0 Å². The fourth-order valence-corrected chi connectivity index (χ4v) is 3.77. The Hall–Kier alpha value is -3.23. The van der Waals surface area contributed by atoms with E-state index in [9.17, 15) is 22.8 Å². The molecule has 0 spiro atoms. The van der Waals surface area contributed by atoms with Gasteiger partial charge >= 0.3 is 12.3 Å². The second-order valence-corrected chi connectivity index (χ2v) is 7.19. The Morgan fingerprint density at radius 2 is 1.90 bits per heavy atom. The number of nitrogens with zero attached hydrogens (tertiary/aromatic N) is 2. The van der Waals surface area contributed by atoms with Crippen LogP contribution in [0.5, 0.6) is 5.75 Å². The van der Waals surface area contributed by atoms with Gasteiger partial charge in [-0.15, -0.1) is 0 Å². The normalized spacial score (nSPS) is 18.8. The number of anilines is 1. The Labute approximate surface area is 170 Å². The molecule has 9 heteroatoms. The van der Waals surface area contributed by atoms with Crippen molar-refractivity contribution in [3.63, 3.8) is 0 Å². The molecule has 2 amide bonds. The van der Waals surface area contributed by atoms with Gasteiger partial charge in [-0.25, -0.2) is 4.79 Å². The Kier molecular flexibility index (Phi) is 5.05. The number of fused-ring (bicyclic) bond motifs is 3. The minimum absolute atomic E-state index is 0.170. The lowest BCUT2D eigenvalue weighted by Crippen LogP contribution is -2.42. The van der Waals surface area contributed by atoms with Crippen molar-refractivity contribution >= 4 is 17.7 Å². The molecule has 6 nitrogen and oxygen atoms in total. The summed E-state index contributed by atoms with van der Waals surface area (Å²) < 4.78 is 48.9. The maximum atomic E-state index is 13.0. The molecule has 0 bridgehead atoms. The molecule has 158 valence electrons. The van der Waals surface area contributed by atoms with Gasteiger partial charge in [-0.05, 0) is 54.4 Å². The van der Waals surface area contributed by atoms with Gasteiger partial charge in [0, 0.05) is 18.7 Å². The number of cyclic esters (lactones) is 1. The molecular weight excluding hydrogens is 401 g/mol. The zero-order valence-corrected chi connectivity index (χ0v) is 16.1. The Morgan fingerprint density at radius 1 is 1.17 bits per heavy atom. The van der Waals surface area contributed by atoms with Crippen molar-refractivity contribution < 1.29 is 32.2 Å². The van der Waals surface area contributed by atoms with Gasteiger partial charge in [0.2, 0.25) is 0 Å². The summed E-state index contributed by atoms with van der Waals surface area (Å²) in [5.74, 6) is 0.191. The number of hydrogen-bond donors (Lipinski definition) is 0. The van der Waals surface area contributed by atoms with E-state index in [1.807, 2.05) is 0 Å². The third kappa shape index (κ3) is 3.67. The van der Waals surface area contributed by atoms with E-state index in [1.54, 1.807) is 28.0 Å². The predicted molar refractivity (Wildman–Crippen MR) is 101 cm³/mol. The average molecular weight is 420 g/mol. The second kappa shape index (κ2) is 7.55. The van der Waals surface area contributed by atoms with Crippen molar-refractivity contribution in [3.05, 3.63) is 59.2 Å². The lowest BCUT2D eigenvalue weighted by atomic mass is 10.0. The summed E-state index contributed by atoms with van der Waals surface area (Å²) in [6.07, 6.45) is -4.41. The number of amides is 2. The van der Waals surface area contributed by atoms with Crippen LogP contribution in [0.4, 0.5) is 23.7 Å². The van der Waals surface area contributed by atoms with Gasteiger partial charge in [-0.3, -0.25) is 9.69 Å². The summed E-state index contributed by atoms with van der Waals surface area (Å²) in [4.78, 5) is 28.5. The van der Waals surface area contributed by atoms with E-state index >= 15 is 0 Å². The van der Waals surface area contributed by atoms with Gasteiger partial charge in [0.15, 0.2) is 0 Å². The van der Waals surface area contributed by atoms with E-state index in [0.29, 0.717) is 30.0 Å². The monoisotopic (exact) mass is 420 g/mol. The quantitative estimate of drug-likeness (QED) is 0.735. The third-order valence-corrected chi connectivity index (χ3v) is 5.35. The summed E-state index contributed by atoms with van der Waals surface area (Å²) in [5, 5.41) is 0. The fraction of sp³-hybridized carbons (Fsp3) is 0.333. The van der Waals surface area contributed by atoms with Crippen molar-refractivity contribution in [2.45, 2.75) is 25.2 Å². The number of carbonyl (C=O) groups excluding carboxylic acids is 2. The maximum Gasteiger partial charge on any atom is 0.416 e. The van der Waals surface area contributed by atoms with Crippen molar-refractivity contribution in [2.24, 2.45) is 0 Å². The Bertz CT molecular complexity index is 975. The molecule has 30 heavy (non-hydrogen) atoms. The Balaban J connectivity index is 1.66. The standard InChI is InChI=1S/C21H19F3N2O4/c1-29-17-6-7-18-14(10-17)11-25(9-8-16-12-30-20(28)26(16)18)19(27)13-2-4-15(5-3-13)21(22,23)24/h2-7,10,16H,8-9,11-12H2,1H3/t16-/m0/s1.